The van der Waals surface area contributed by atoms with Crippen molar-refractivity contribution in [3.8, 4) is 0 Å². The van der Waals surface area contributed by atoms with Gasteiger partial charge in [-0.15, -0.1) is 0 Å². The Kier molecular flexibility index (Phi) is 4.65. The average Bonchev–Trinajstić information content (AvgIpc) is 3.04. The van der Waals surface area contributed by atoms with Gasteiger partial charge in [0.05, 0.1) is 18.9 Å². The number of rotatable bonds is 3. The quantitative estimate of drug-likeness (QED) is 0.909. The third-order valence-electron chi connectivity index (χ3n) is 4.79. The Bertz CT molecular complexity index is 741. The number of carbonyl (C=O) groups is 1. The van der Waals surface area contributed by atoms with Gasteiger partial charge in [0.1, 0.15) is 5.69 Å². The van der Waals surface area contributed by atoms with E-state index in [1.54, 1.807) is 6.20 Å². The molecular formula is C18H19ClN4O2. The molecule has 1 amide bonds. The molecule has 2 aliphatic heterocycles. The highest BCUT2D eigenvalue weighted by Crippen LogP contribution is 2.30. The molecular weight excluding hydrogens is 340 g/mol. The monoisotopic (exact) mass is 358 g/mol. The molecule has 1 aromatic carbocycles. The SMILES string of the molecule is O=C(N[C@H]1C[C@H]2CO[C@@H](c3ccc(Cl)cc3)CN2C1)c1cnccn1. The predicted octanol–water partition coefficient (Wildman–Crippen LogP) is 2.07. The molecule has 1 N–H and O–H groups in total. The lowest BCUT2D eigenvalue weighted by atomic mass is 10.1. The van der Waals surface area contributed by atoms with Crippen LogP contribution in [0.2, 0.25) is 5.02 Å². The van der Waals surface area contributed by atoms with E-state index in [0.29, 0.717) is 18.3 Å². The second-order valence-corrected chi connectivity index (χ2v) is 6.91. The van der Waals surface area contributed by atoms with Crippen LogP contribution in [-0.2, 0) is 4.74 Å². The summed E-state index contributed by atoms with van der Waals surface area (Å²) in [7, 11) is 0. The number of ether oxygens (including phenoxy) is 1. The number of benzene rings is 1. The van der Waals surface area contributed by atoms with Crippen molar-refractivity contribution in [2.45, 2.75) is 24.6 Å². The van der Waals surface area contributed by atoms with Crippen LogP contribution in [0, 0.1) is 0 Å². The van der Waals surface area contributed by atoms with Crippen LogP contribution in [-0.4, -0.2) is 52.6 Å². The molecule has 3 heterocycles. The summed E-state index contributed by atoms with van der Waals surface area (Å²) in [6, 6.07) is 8.25. The molecule has 1 aromatic heterocycles. The number of hydrogen-bond donors (Lipinski definition) is 1. The standard InChI is InChI=1S/C18H19ClN4O2/c19-13-3-1-12(2-4-13)17-10-23-9-14(7-15(23)11-25-17)22-18(24)16-8-20-5-6-21-16/h1-6,8,14-15,17H,7,9-11H2,(H,22,24)/t14-,15-,17+/m0/s1. The summed E-state index contributed by atoms with van der Waals surface area (Å²) in [6.45, 7) is 2.32. The summed E-state index contributed by atoms with van der Waals surface area (Å²) in [5.74, 6) is -0.173. The summed E-state index contributed by atoms with van der Waals surface area (Å²) >= 11 is 5.96. The number of fused-ring (bicyclic) bond motifs is 1. The van der Waals surface area contributed by atoms with Crippen LogP contribution in [0.15, 0.2) is 42.9 Å². The van der Waals surface area contributed by atoms with Crippen molar-refractivity contribution in [3.63, 3.8) is 0 Å². The average molecular weight is 359 g/mol. The molecule has 0 bridgehead atoms. The Labute approximate surface area is 151 Å². The summed E-state index contributed by atoms with van der Waals surface area (Å²) in [5, 5.41) is 3.78. The van der Waals surface area contributed by atoms with Crippen LogP contribution in [0.25, 0.3) is 0 Å². The van der Waals surface area contributed by atoms with Gasteiger partial charge in [-0.1, -0.05) is 23.7 Å². The summed E-state index contributed by atoms with van der Waals surface area (Å²) < 4.78 is 6.04. The maximum Gasteiger partial charge on any atom is 0.271 e. The van der Waals surface area contributed by atoms with Gasteiger partial charge in [0.25, 0.3) is 5.91 Å². The van der Waals surface area contributed by atoms with Crippen molar-refractivity contribution in [2.75, 3.05) is 19.7 Å². The maximum atomic E-state index is 12.2. The molecule has 0 radical (unpaired) electrons. The largest absolute Gasteiger partial charge is 0.371 e. The van der Waals surface area contributed by atoms with Crippen LogP contribution in [0.3, 0.4) is 0 Å². The zero-order chi connectivity index (χ0) is 17.2. The molecule has 2 fully saturated rings. The first-order valence-corrected chi connectivity index (χ1v) is 8.75. The van der Waals surface area contributed by atoms with E-state index in [-0.39, 0.29) is 18.1 Å². The molecule has 0 spiro atoms. The van der Waals surface area contributed by atoms with Gasteiger partial charge >= 0.3 is 0 Å². The first-order chi connectivity index (χ1) is 12.2. The van der Waals surface area contributed by atoms with Gasteiger partial charge in [-0.05, 0) is 24.1 Å². The van der Waals surface area contributed by atoms with E-state index in [1.807, 2.05) is 24.3 Å². The third-order valence-corrected chi connectivity index (χ3v) is 5.04. The topological polar surface area (TPSA) is 67.3 Å². The number of nitrogens with zero attached hydrogens (tertiary/aromatic N) is 3. The van der Waals surface area contributed by atoms with Gasteiger partial charge in [-0.3, -0.25) is 14.7 Å². The number of halogens is 1. The highest BCUT2D eigenvalue weighted by atomic mass is 35.5. The minimum atomic E-state index is -0.173. The fourth-order valence-electron chi connectivity index (χ4n) is 3.53. The van der Waals surface area contributed by atoms with Crippen LogP contribution < -0.4 is 5.32 Å². The Hall–Kier alpha value is -2.02. The van der Waals surface area contributed by atoms with E-state index >= 15 is 0 Å². The van der Waals surface area contributed by atoms with Gasteiger partial charge in [0.2, 0.25) is 0 Å². The number of amides is 1. The van der Waals surface area contributed by atoms with Gasteiger partial charge in [0.15, 0.2) is 0 Å². The lowest BCUT2D eigenvalue weighted by Gasteiger charge is -2.35. The Morgan fingerprint density at radius 1 is 1.24 bits per heavy atom. The van der Waals surface area contributed by atoms with Crippen molar-refractivity contribution in [3.05, 3.63) is 59.1 Å². The fourth-order valence-corrected chi connectivity index (χ4v) is 3.66. The van der Waals surface area contributed by atoms with Gasteiger partial charge in [0, 0.05) is 42.6 Å². The summed E-state index contributed by atoms with van der Waals surface area (Å²) in [5.41, 5.74) is 1.48. The van der Waals surface area contributed by atoms with Crippen molar-refractivity contribution in [1.82, 2.24) is 20.2 Å². The second-order valence-electron chi connectivity index (χ2n) is 6.48. The zero-order valence-corrected chi connectivity index (χ0v) is 14.4. The van der Waals surface area contributed by atoms with Crippen molar-refractivity contribution in [2.24, 2.45) is 0 Å². The molecule has 6 nitrogen and oxygen atoms in total. The van der Waals surface area contributed by atoms with Crippen molar-refractivity contribution in [1.29, 1.82) is 0 Å². The number of carbonyl (C=O) groups excluding carboxylic acids is 1. The normalized spacial score (nSPS) is 26.2. The Morgan fingerprint density at radius 3 is 2.84 bits per heavy atom. The van der Waals surface area contributed by atoms with Crippen molar-refractivity contribution < 1.29 is 9.53 Å². The lowest BCUT2D eigenvalue weighted by Crippen LogP contribution is -2.43. The van der Waals surface area contributed by atoms with Gasteiger partial charge < -0.3 is 10.1 Å². The highest BCUT2D eigenvalue weighted by molar-refractivity contribution is 6.30. The van der Waals surface area contributed by atoms with Gasteiger partial charge in [-0.2, -0.15) is 0 Å². The van der Waals surface area contributed by atoms with Gasteiger partial charge in [-0.25, -0.2) is 4.98 Å². The third kappa shape index (κ3) is 3.66. The molecule has 7 heteroatoms. The number of nitrogens with one attached hydrogen (secondary N) is 1. The van der Waals surface area contributed by atoms with E-state index in [4.69, 9.17) is 16.3 Å². The Balaban J connectivity index is 1.37. The molecule has 2 aliphatic rings. The van der Waals surface area contributed by atoms with Crippen LogP contribution in [0.5, 0.6) is 0 Å². The van der Waals surface area contributed by atoms with E-state index in [2.05, 4.69) is 20.2 Å². The number of morpholine rings is 1. The Morgan fingerprint density at radius 2 is 2.08 bits per heavy atom. The highest BCUT2D eigenvalue weighted by Gasteiger charge is 2.38. The lowest BCUT2D eigenvalue weighted by molar-refractivity contribution is -0.0502. The molecule has 2 aromatic rings. The molecule has 3 atom stereocenters. The van der Waals surface area contributed by atoms with Crippen LogP contribution in [0.4, 0.5) is 0 Å². The fraction of sp³-hybridized carbons (Fsp3) is 0.389. The smallest absolute Gasteiger partial charge is 0.271 e. The first kappa shape index (κ1) is 16.4. The van der Waals surface area contributed by atoms with Crippen molar-refractivity contribution >= 4 is 17.5 Å². The minimum absolute atomic E-state index is 0.0444. The predicted molar refractivity (Wildman–Crippen MR) is 93.4 cm³/mol. The summed E-state index contributed by atoms with van der Waals surface area (Å²) in [4.78, 5) is 22.6. The molecule has 0 saturated carbocycles. The molecule has 2 saturated heterocycles. The molecule has 130 valence electrons. The minimum Gasteiger partial charge on any atom is -0.371 e. The van der Waals surface area contributed by atoms with Crippen LogP contribution in [0.1, 0.15) is 28.6 Å². The van der Waals surface area contributed by atoms with E-state index in [0.717, 1.165) is 30.1 Å². The molecule has 0 unspecified atom stereocenters. The first-order valence-electron chi connectivity index (χ1n) is 8.37. The number of hydrogen-bond acceptors (Lipinski definition) is 5. The molecule has 25 heavy (non-hydrogen) atoms. The number of aromatic nitrogens is 2. The summed E-state index contributed by atoms with van der Waals surface area (Å²) in [6.07, 6.45) is 5.50. The second kappa shape index (κ2) is 7.07. The zero-order valence-electron chi connectivity index (χ0n) is 13.6. The van der Waals surface area contributed by atoms with E-state index in [1.165, 1.54) is 12.4 Å². The van der Waals surface area contributed by atoms with E-state index < -0.39 is 0 Å². The van der Waals surface area contributed by atoms with Crippen LogP contribution >= 0.6 is 11.6 Å². The van der Waals surface area contributed by atoms with E-state index in [9.17, 15) is 4.79 Å². The molecule has 0 aliphatic carbocycles. The maximum absolute atomic E-state index is 12.2. The molecule has 4 rings (SSSR count).